The quantitative estimate of drug-likeness (QED) is 0.701. The summed E-state index contributed by atoms with van der Waals surface area (Å²) in [6.07, 6.45) is 1.18. The number of carbonyl (C=O) groups is 1. The van der Waals surface area contributed by atoms with Gasteiger partial charge >= 0.3 is 5.69 Å². The number of aromatic nitrogens is 2. The van der Waals surface area contributed by atoms with Crippen molar-refractivity contribution in [1.29, 1.82) is 0 Å². The Labute approximate surface area is 125 Å². The molecule has 110 valence electrons. The average Bonchev–Trinajstić information content (AvgIpc) is 2.40. The van der Waals surface area contributed by atoms with Crippen LogP contribution in [0.2, 0.25) is 0 Å². The van der Waals surface area contributed by atoms with Gasteiger partial charge in [-0.2, -0.15) is 0 Å². The second-order valence-corrected chi connectivity index (χ2v) is 5.01. The molecular weight excluding hydrogens is 347 g/mol. The van der Waals surface area contributed by atoms with Gasteiger partial charge in [0.05, 0.1) is 10.2 Å². The highest BCUT2D eigenvalue weighted by Gasteiger charge is 2.10. The fourth-order valence-corrected chi connectivity index (χ4v) is 1.93. The standard InChI is InChI=1S/C12H10BrFN4O3/c13-7-4-18(12(21)17-11(7)20)5-10(19)16-9-3-6(15)1-2-8(9)14/h1-4H,5,15H2,(H,16,19)(H,17,20,21). The normalized spacial score (nSPS) is 10.4. The van der Waals surface area contributed by atoms with Crippen LogP contribution in [-0.2, 0) is 11.3 Å². The minimum Gasteiger partial charge on any atom is -0.399 e. The molecule has 0 radical (unpaired) electrons. The van der Waals surface area contributed by atoms with E-state index in [0.717, 1.165) is 10.6 Å². The molecule has 0 aliphatic heterocycles. The summed E-state index contributed by atoms with van der Waals surface area (Å²) in [6.45, 7) is -0.386. The minimum absolute atomic E-state index is 0.0865. The molecule has 0 spiro atoms. The van der Waals surface area contributed by atoms with E-state index in [1.807, 2.05) is 4.98 Å². The lowest BCUT2D eigenvalue weighted by Gasteiger charge is -2.08. The highest BCUT2D eigenvalue weighted by molar-refractivity contribution is 9.10. The number of H-pyrrole nitrogens is 1. The zero-order chi connectivity index (χ0) is 15.6. The summed E-state index contributed by atoms with van der Waals surface area (Å²) in [4.78, 5) is 36.5. The summed E-state index contributed by atoms with van der Waals surface area (Å²) in [5.74, 6) is -1.28. The average molecular weight is 357 g/mol. The van der Waals surface area contributed by atoms with Crippen molar-refractivity contribution in [3.63, 3.8) is 0 Å². The van der Waals surface area contributed by atoms with E-state index in [1.54, 1.807) is 0 Å². The van der Waals surface area contributed by atoms with Gasteiger partial charge in [-0.3, -0.25) is 19.1 Å². The molecule has 21 heavy (non-hydrogen) atoms. The second kappa shape index (κ2) is 5.92. The van der Waals surface area contributed by atoms with Crippen LogP contribution in [0.15, 0.2) is 38.5 Å². The van der Waals surface area contributed by atoms with Crippen LogP contribution in [0.5, 0.6) is 0 Å². The number of nitrogens with one attached hydrogen (secondary N) is 2. The fraction of sp³-hybridized carbons (Fsp3) is 0.0833. The first-order valence-corrected chi connectivity index (χ1v) is 6.50. The molecule has 4 N–H and O–H groups in total. The lowest BCUT2D eigenvalue weighted by atomic mass is 10.2. The molecule has 0 aliphatic carbocycles. The van der Waals surface area contributed by atoms with Crippen molar-refractivity contribution in [3.8, 4) is 0 Å². The highest BCUT2D eigenvalue weighted by atomic mass is 79.9. The van der Waals surface area contributed by atoms with Crippen molar-refractivity contribution in [1.82, 2.24) is 9.55 Å². The van der Waals surface area contributed by atoms with Crippen molar-refractivity contribution < 1.29 is 9.18 Å². The molecule has 0 aliphatic rings. The van der Waals surface area contributed by atoms with Crippen molar-refractivity contribution in [2.75, 3.05) is 11.1 Å². The predicted octanol–water partition coefficient (Wildman–Crippen LogP) is 0.659. The molecule has 0 saturated carbocycles. The van der Waals surface area contributed by atoms with Gasteiger partial charge in [0.2, 0.25) is 5.91 Å². The largest absolute Gasteiger partial charge is 0.399 e. The van der Waals surface area contributed by atoms with E-state index in [-0.39, 0.29) is 22.4 Å². The maximum Gasteiger partial charge on any atom is 0.328 e. The zero-order valence-corrected chi connectivity index (χ0v) is 12.1. The third-order valence-corrected chi connectivity index (χ3v) is 3.11. The molecule has 1 heterocycles. The van der Waals surface area contributed by atoms with Crippen molar-refractivity contribution in [2.45, 2.75) is 6.54 Å². The van der Waals surface area contributed by atoms with Gasteiger partial charge in [0.1, 0.15) is 12.4 Å². The molecule has 1 aromatic carbocycles. The number of nitrogens with zero attached hydrogens (tertiary/aromatic N) is 1. The Hall–Kier alpha value is -2.42. The van der Waals surface area contributed by atoms with E-state index in [9.17, 15) is 18.8 Å². The zero-order valence-electron chi connectivity index (χ0n) is 10.5. The second-order valence-electron chi connectivity index (χ2n) is 4.15. The van der Waals surface area contributed by atoms with E-state index in [4.69, 9.17) is 5.73 Å². The SMILES string of the molecule is Nc1ccc(F)c(NC(=O)Cn2cc(Br)c(=O)[nH]c2=O)c1. The van der Waals surface area contributed by atoms with E-state index < -0.39 is 23.0 Å². The number of hydrogen-bond donors (Lipinski definition) is 3. The molecule has 1 aromatic heterocycles. The molecule has 0 saturated heterocycles. The van der Waals surface area contributed by atoms with Crippen LogP contribution in [0.25, 0.3) is 0 Å². The van der Waals surface area contributed by atoms with Crippen LogP contribution >= 0.6 is 15.9 Å². The lowest BCUT2D eigenvalue weighted by Crippen LogP contribution is -2.33. The van der Waals surface area contributed by atoms with Gasteiger partial charge in [-0.1, -0.05) is 0 Å². The molecule has 2 rings (SSSR count). The highest BCUT2D eigenvalue weighted by Crippen LogP contribution is 2.17. The number of halogens is 2. The number of amides is 1. The van der Waals surface area contributed by atoms with Crippen LogP contribution in [0.1, 0.15) is 0 Å². The minimum atomic E-state index is -0.744. The molecule has 1 amide bonds. The Balaban J connectivity index is 2.19. The Morgan fingerprint density at radius 1 is 1.43 bits per heavy atom. The van der Waals surface area contributed by atoms with E-state index >= 15 is 0 Å². The summed E-state index contributed by atoms with van der Waals surface area (Å²) >= 11 is 2.95. The number of benzene rings is 1. The summed E-state index contributed by atoms with van der Waals surface area (Å²) < 4.78 is 14.6. The summed E-state index contributed by atoms with van der Waals surface area (Å²) in [5, 5.41) is 2.30. The van der Waals surface area contributed by atoms with Gasteiger partial charge in [-0.05, 0) is 34.1 Å². The maximum atomic E-state index is 13.5. The summed E-state index contributed by atoms with van der Waals surface area (Å²) in [6, 6.07) is 3.74. The van der Waals surface area contributed by atoms with Gasteiger partial charge in [0.25, 0.3) is 5.56 Å². The van der Waals surface area contributed by atoms with Gasteiger partial charge < -0.3 is 11.1 Å². The third-order valence-electron chi connectivity index (χ3n) is 2.55. The Bertz CT molecular complexity index is 815. The van der Waals surface area contributed by atoms with E-state index in [2.05, 4.69) is 21.2 Å². The topological polar surface area (TPSA) is 110 Å². The lowest BCUT2D eigenvalue weighted by molar-refractivity contribution is -0.116. The van der Waals surface area contributed by atoms with Crippen molar-refractivity contribution >= 4 is 33.2 Å². The molecule has 7 nitrogen and oxygen atoms in total. The van der Waals surface area contributed by atoms with Gasteiger partial charge in [-0.25, -0.2) is 9.18 Å². The van der Waals surface area contributed by atoms with Crippen LogP contribution in [0, 0.1) is 5.82 Å². The number of anilines is 2. The number of rotatable bonds is 3. The molecule has 0 bridgehead atoms. The van der Waals surface area contributed by atoms with Crippen LogP contribution in [0.4, 0.5) is 15.8 Å². The molecule has 0 fully saturated rings. The number of hydrogen-bond acceptors (Lipinski definition) is 4. The maximum absolute atomic E-state index is 13.5. The molecular formula is C12H10BrFN4O3. The van der Waals surface area contributed by atoms with Crippen molar-refractivity contribution in [2.24, 2.45) is 0 Å². The van der Waals surface area contributed by atoms with Crippen molar-refractivity contribution in [3.05, 3.63) is 55.5 Å². The number of carbonyl (C=O) groups excluding carboxylic acids is 1. The Morgan fingerprint density at radius 2 is 2.14 bits per heavy atom. The first-order chi connectivity index (χ1) is 9.86. The fourth-order valence-electron chi connectivity index (χ4n) is 1.58. The molecule has 2 aromatic rings. The smallest absolute Gasteiger partial charge is 0.328 e. The van der Waals surface area contributed by atoms with E-state index in [0.29, 0.717) is 0 Å². The third kappa shape index (κ3) is 3.57. The summed E-state index contributed by atoms with van der Waals surface area (Å²) in [5.41, 5.74) is 4.36. The number of aromatic amines is 1. The van der Waals surface area contributed by atoms with Gasteiger partial charge in [-0.15, -0.1) is 0 Å². The van der Waals surface area contributed by atoms with Gasteiger partial charge in [0.15, 0.2) is 0 Å². The Morgan fingerprint density at radius 3 is 2.86 bits per heavy atom. The van der Waals surface area contributed by atoms with Gasteiger partial charge in [0, 0.05) is 11.9 Å². The summed E-state index contributed by atoms with van der Waals surface area (Å²) in [7, 11) is 0. The van der Waals surface area contributed by atoms with E-state index in [1.165, 1.54) is 18.3 Å². The van der Waals surface area contributed by atoms with Crippen LogP contribution < -0.4 is 22.3 Å². The number of nitrogens with two attached hydrogens (primary N) is 1. The molecule has 9 heteroatoms. The predicted molar refractivity (Wildman–Crippen MR) is 78.5 cm³/mol. The molecule has 0 atom stereocenters. The first kappa shape index (κ1) is 15.0. The monoisotopic (exact) mass is 356 g/mol. The van der Waals surface area contributed by atoms with Crippen LogP contribution in [0.3, 0.4) is 0 Å². The number of nitrogen functional groups attached to an aromatic ring is 1. The van der Waals surface area contributed by atoms with Crippen LogP contribution in [-0.4, -0.2) is 15.5 Å². The molecule has 0 unspecified atom stereocenters. The first-order valence-electron chi connectivity index (χ1n) is 5.71. The Kier molecular flexibility index (Phi) is 4.22.